The molecule has 186 valence electrons. The summed E-state index contributed by atoms with van der Waals surface area (Å²) in [5.41, 5.74) is 0.682. The van der Waals surface area contributed by atoms with E-state index in [2.05, 4.69) is 0 Å². The lowest BCUT2D eigenvalue weighted by Crippen LogP contribution is -2.49. The Morgan fingerprint density at radius 1 is 1.03 bits per heavy atom. The van der Waals surface area contributed by atoms with Gasteiger partial charge in [0.25, 0.3) is 5.91 Å². The number of carbonyl (C=O) groups excluding carboxylic acids is 1. The van der Waals surface area contributed by atoms with Gasteiger partial charge in [0.1, 0.15) is 9.84 Å². The smallest absolute Gasteiger partial charge is 0.254 e. The number of likely N-dealkylation sites (tertiary alicyclic amines) is 1. The van der Waals surface area contributed by atoms with E-state index in [1.165, 1.54) is 27.6 Å². The maximum Gasteiger partial charge on any atom is 0.254 e. The van der Waals surface area contributed by atoms with Gasteiger partial charge in [-0.15, -0.1) is 0 Å². The van der Waals surface area contributed by atoms with Crippen molar-refractivity contribution in [3.8, 4) is 17.2 Å². The maximum absolute atomic E-state index is 13.6. The SMILES string of the molecule is COc1cc(C(=O)N2CCCC(CCS(C)(=O)=O)(c3ccc(Cl)c(Cl)c3)C2)cc(OC)c1OC. The van der Waals surface area contributed by atoms with E-state index in [1.54, 1.807) is 29.2 Å². The van der Waals surface area contributed by atoms with Crippen LogP contribution in [0.25, 0.3) is 0 Å². The molecule has 0 saturated carbocycles. The van der Waals surface area contributed by atoms with Crippen LogP contribution < -0.4 is 14.2 Å². The quantitative estimate of drug-likeness (QED) is 0.495. The molecule has 7 nitrogen and oxygen atoms in total. The predicted octanol–water partition coefficient (Wildman–Crippen LogP) is 4.63. The fourth-order valence-corrected chi connectivity index (χ4v) is 5.54. The average Bonchev–Trinajstić information content (AvgIpc) is 2.82. The van der Waals surface area contributed by atoms with Gasteiger partial charge in [0.05, 0.1) is 37.1 Å². The zero-order valence-electron chi connectivity index (χ0n) is 19.7. The molecule has 0 aliphatic carbocycles. The zero-order valence-corrected chi connectivity index (χ0v) is 22.0. The van der Waals surface area contributed by atoms with Crippen LogP contribution in [-0.4, -0.2) is 65.7 Å². The zero-order chi connectivity index (χ0) is 25.1. The Balaban J connectivity index is 2.00. The second-order valence-electron chi connectivity index (χ2n) is 8.53. The molecule has 0 spiro atoms. The number of hydrogen-bond donors (Lipinski definition) is 0. The first-order chi connectivity index (χ1) is 16.0. The summed E-state index contributed by atoms with van der Waals surface area (Å²) in [4.78, 5) is 15.3. The molecule has 0 N–H and O–H groups in total. The van der Waals surface area contributed by atoms with Gasteiger partial charge in [-0.1, -0.05) is 29.3 Å². The lowest BCUT2D eigenvalue weighted by atomic mass is 9.72. The van der Waals surface area contributed by atoms with E-state index in [1.807, 2.05) is 6.07 Å². The lowest BCUT2D eigenvalue weighted by molar-refractivity contribution is 0.0631. The highest BCUT2D eigenvalue weighted by Gasteiger charge is 2.40. The van der Waals surface area contributed by atoms with Crippen molar-refractivity contribution in [2.45, 2.75) is 24.7 Å². The summed E-state index contributed by atoms with van der Waals surface area (Å²) in [5.74, 6) is 0.964. The molecule has 2 aromatic carbocycles. The number of ether oxygens (including phenoxy) is 3. The largest absolute Gasteiger partial charge is 0.493 e. The fraction of sp³-hybridized carbons (Fsp3) is 0.458. The molecule has 0 bridgehead atoms. The molecule has 1 heterocycles. The fourth-order valence-electron chi connectivity index (χ4n) is 4.48. The number of piperidine rings is 1. The van der Waals surface area contributed by atoms with E-state index in [9.17, 15) is 13.2 Å². The van der Waals surface area contributed by atoms with Crippen molar-refractivity contribution in [3.63, 3.8) is 0 Å². The summed E-state index contributed by atoms with van der Waals surface area (Å²) < 4.78 is 40.2. The first kappa shape index (κ1) is 26.4. The number of sulfone groups is 1. The van der Waals surface area contributed by atoms with Crippen LogP contribution in [0.5, 0.6) is 17.2 Å². The Morgan fingerprint density at radius 2 is 1.68 bits per heavy atom. The molecule has 3 rings (SSSR count). The van der Waals surface area contributed by atoms with Crippen molar-refractivity contribution in [1.82, 2.24) is 4.90 Å². The Labute approximate surface area is 210 Å². The molecule has 0 radical (unpaired) electrons. The van der Waals surface area contributed by atoms with Crippen molar-refractivity contribution in [2.75, 3.05) is 46.4 Å². The summed E-state index contributed by atoms with van der Waals surface area (Å²) in [6.07, 6.45) is 3.01. The van der Waals surface area contributed by atoms with Crippen LogP contribution in [0.1, 0.15) is 35.2 Å². The van der Waals surface area contributed by atoms with Gasteiger partial charge in [-0.05, 0) is 49.1 Å². The van der Waals surface area contributed by atoms with Crippen LogP contribution in [0.15, 0.2) is 30.3 Å². The molecule has 1 amide bonds. The van der Waals surface area contributed by atoms with Crippen LogP contribution in [0.3, 0.4) is 0 Å². The normalized spacial score (nSPS) is 18.5. The van der Waals surface area contributed by atoms with Crippen molar-refractivity contribution in [1.29, 1.82) is 0 Å². The molecular formula is C24H29Cl2NO6S. The number of benzene rings is 2. The van der Waals surface area contributed by atoms with Crippen LogP contribution in [-0.2, 0) is 15.3 Å². The van der Waals surface area contributed by atoms with Crippen LogP contribution in [0.4, 0.5) is 0 Å². The molecule has 1 aliphatic heterocycles. The molecule has 1 atom stereocenters. The topological polar surface area (TPSA) is 82.1 Å². The second-order valence-corrected chi connectivity index (χ2v) is 11.6. The van der Waals surface area contributed by atoms with Crippen molar-refractivity contribution < 1.29 is 27.4 Å². The van der Waals surface area contributed by atoms with Crippen LogP contribution >= 0.6 is 23.2 Å². The van der Waals surface area contributed by atoms with Crippen LogP contribution in [0.2, 0.25) is 10.0 Å². The van der Waals surface area contributed by atoms with Crippen LogP contribution in [0, 0.1) is 0 Å². The summed E-state index contributed by atoms with van der Waals surface area (Å²) in [6.45, 7) is 0.882. The molecule has 10 heteroatoms. The van der Waals surface area contributed by atoms with E-state index >= 15 is 0 Å². The minimum atomic E-state index is -3.21. The maximum atomic E-state index is 13.6. The monoisotopic (exact) mass is 529 g/mol. The Hall–Kier alpha value is -2.16. The van der Waals surface area contributed by atoms with E-state index < -0.39 is 15.3 Å². The number of hydrogen-bond acceptors (Lipinski definition) is 6. The van der Waals surface area contributed by atoms with E-state index in [-0.39, 0.29) is 11.7 Å². The van der Waals surface area contributed by atoms with Gasteiger partial charge in [0.15, 0.2) is 11.5 Å². The minimum absolute atomic E-state index is 0.000538. The van der Waals surface area contributed by atoms with E-state index in [4.69, 9.17) is 37.4 Å². The van der Waals surface area contributed by atoms with E-state index in [0.29, 0.717) is 58.8 Å². The summed E-state index contributed by atoms with van der Waals surface area (Å²) >= 11 is 12.4. The third-order valence-corrected chi connectivity index (χ3v) is 7.94. The molecule has 1 fully saturated rings. The standard InChI is InChI=1S/C24H29Cl2NO6S/c1-31-20-12-16(13-21(32-2)22(20)33-3)23(28)27-10-5-8-24(15-27,9-11-34(4,29)30)17-6-7-18(25)19(26)14-17/h6-7,12-14H,5,8-11,15H2,1-4H3. The molecule has 34 heavy (non-hydrogen) atoms. The Morgan fingerprint density at radius 3 is 2.21 bits per heavy atom. The lowest BCUT2D eigenvalue weighted by Gasteiger charge is -2.43. The van der Waals surface area contributed by atoms with Crippen molar-refractivity contribution >= 4 is 38.9 Å². The van der Waals surface area contributed by atoms with E-state index in [0.717, 1.165) is 12.0 Å². The van der Waals surface area contributed by atoms with Gasteiger partial charge in [0.2, 0.25) is 5.75 Å². The third kappa shape index (κ3) is 5.73. The predicted molar refractivity (Wildman–Crippen MR) is 134 cm³/mol. The molecular weight excluding hydrogens is 501 g/mol. The molecule has 1 aliphatic rings. The average molecular weight is 530 g/mol. The van der Waals surface area contributed by atoms with Crippen molar-refractivity contribution in [2.24, 2.45) is 0 Å². The Kier molecular flexibility index (Phi) is 8.26. The first-order valence-electron chi connectivity index (χ1n) is 10.8. The number of carbonyl (C=O) groups is 1. The van der Waals surface area contributed by atoms with Gasteiger partial charge in [0, 0.05) is 30.3 Å². The van der Waals surface area contributed by atoms with Gasteiger partial charge >= 0.3 is 0 Å². The number of rotatable bonds is 8. The second kappa shape index (κ2) is 10.6. The highest BCUT2D eigenvalue weighted by atomic mass is 35.5. The number of halogens is 2. The Bertz CT molecular complexity index is 1150. The van der Waals surface area contributed by atoms with Gasteiger partial charge in [-0.2, -0.15) is 0 Å². The summed E-state index contributed by atoms with van der Waals surface area (Å²) in [6, 6.07) is 8.59. The van der Waals surface area contributed by atoms with Gasteiger partial charge in [-0.3, -0.25) is 4.79 Å². The molecule has 1 unspecified atom stereocenters. The molecule has 0 aromatic heterocycles. The summed E-state index contributed by atoms with van der Waals surface area (Å²) in [5, 5.41) is 0.816. The highest BCUT2D eigenvalue weighted by Crippen LogP contribution is 2.42. The van der Waals surface area contributed by atoms with Gasteiger partial charge in [-0.25, -0.2) is 8.42 Å². The van der Waals surface area contributed by atoms with Crippen molar-refractivity contribution in [3.05, 3.63) is 51.5 Å². The summed E-state index contributed by atoms with van der Waals surface area (Å²) in [7, 11) is 1.27. The third-order valence-electron chi connectivity index (χ3n) is 6.26. The van der Waals surface area contributed by atoms with Gasteiger partial charge < -0.3 is 19.1 Å². The number of methoxy groups -OCH3 is 3. The first-order valence-corrected chi connectivity index (χ1v) is 13.6. The highest BCUT2D eigenvalue weighted by molar-refractivity contribution is 7.90. The molecule has 1 saturated heterocycles. The molecule has 2 aromatic rings. The minimum Gasteiger partial charge on any atom is -0.493 e. The number of amides is 1. The number of nitrogens with zero attached hydrogens (tertiary/aromatic N) is 1.